The smallest absolute Gasteiger partial charge is 0.146 e. The van der Waals surface area contributed by atoms with Crippen molar-refractivity contribution >= 4 is 5.82 Å². The van der Waals surface area contributed by atoms with E-state index >= 15 is 0 Å². The Morgan fingerprint density at radius 2 is 2.06 bits per heavy atom. The van der Waals surface area contributed by atoms with Crippen molar-refractivity contribution in [2.45, 2.75) is 33.6 Å². The first-order chi connectivity index (χ1) is 8.77. The maximum absolute atomic E-state index is 4.37. The Labute approximate surface area is 107 Å². The average molecular weight is 245 g/mol. The highest BCUT2D eigenvalue weighted by Crippen LogP contribution is 2.18. The molecule has 0 bridgehead atoms. The second kappa shape index (κ2) is 5.62. The summed E-state index contributed by atoms with van der Waals surface area (Å²) in [5.74, 6) is 2.81. The van der Waals surface area contributed by atoms with Gasteiger partial charge in [-0.05, 0) is 13.3 Å². The van der Waals surface area contributed by atoms with Crippen LogP contribution in [0.25, 0.3) is 5.82 Å². The minimum Gasteiger partial charge on any atom is -0.370 e. The Bertz CT molecular complexity index is 518. The summed E-state index contributed by atoms with van der Waals surface area (Å²) in [7, 11) is 0. The fourth-order valence-corrected chi connectivity index (χ4v) is 1.89. The van der Waals surface area contributed by atoms with E-state index in [9.17, 15) is 0 Å². The van der Waals surface area contributed by atoms with Crippen LogP contribution < -0.4 is 5.32 Å². The molecule has 5 heteroatoms. The molecule has 0 aromatic carbocycles. The Morgan fingerprint density at radius 1 is 1.22 bits per heavy atom. The lowest BCUT2D eigenvalue weighted by Gasteiger charge is -2.12. The van der Waals surface area contributed by atoms with E-state index in [1.807, 2.05) is 17.7 Å². The van der Waals surface area contributed by atoms with Gasteiger partial charge >= 0.3 is 0 Å². The monoisotopic (exact) mass is 245 g/mol. The molecule has 0 unspecified atom stereocenters. The van der Waals surface area contributed by atoms with Crippen molar-refractivity contribution in [1.82, 2.24) is 19.5 Å². The van der Waals surface area contributed by atoms with Gasteiger partial charge in [-0.15, -0.1) is 0 Å². The van der Waals surface area contributed by atoms with E-state index in [1.54, 1.807) is 12.5 Å². The van der Waals surface area contributed by atoms with Gasteiger partial charge in [0.05, 0.1) is 0 Å². The quantitative estimate of drug-likeness (QED) is 0.878. The zero-order valence-corrected chi connectivity index (χ0v) is 11.1. The van der Waals surface area contributed by atoms with E-state index in [0.29, 0.717) is 0 Å². The van der Waals surface area contributed by atoms with Gasteiger partial charge in [0.2, 0.25) is 0 Å². The number of nitrogens with one attached hydrogen (secondary N) is 1. The standard InChI is InChI=1S/C13H19N5/c1-4-6-15-12-10(3)13(17-9-16-12)18-8-7-14-11(18)5-2/h7-9H,4-6H2,1-3H3,(H,15,16,17). The predicted octanol–water partition coefficient (Wildman–Crippen LogP) is 2.36. The minimum absolute atomic E-state index is 0.883. The van der Waals surface area contributed by atoms with Gasteiger partial charge in [0.15, 0.2) is 0 Å². The first-order valence-corrected chi connectivity index (χ1v) is 6.36. The molecule has 2 heterocycles. The number of aryl methyl sites for hydroxylation is 1. The largest absolute Gasteiger partial charge is 0.370 e. The first kappa shape index (κ1) is 12.5. The second-order valence-corrected chi connectivity index (χ2v) is 4.16. The van der Waals surface area contributed by atoms with Crippen molar-refractivity contribution in [2.24, 2.45) is 0 Å². The number of rotatable bonds is 5. The van der Waals surface area contributed by atoms with Crippen LogP contribution in [0.4, 0.5) is 5.82 Å². The molecular formula is C13H19N5. The lowest BCUT2D eigenvalue weighted by molar-refractivity contribution is 0.850. The van der Waals surface area contributed by atoms with Gasteiger partial charge in [0.25, 0.3) is 0 Å². The summed E-state index contributed by atoms with van der Waals surface area (Å²) in [5, 5.41) is 3.32. The SMILES string of the molecule is CCCNc1ncnc(-n2ccnc2CC)c1C. The van der Waals surface area contributed by atoms with Gasteiger partial charge in [-0.2, -0.15) is 0 Å². The fourth-order valence-electron chi connectivity index (χ4n) is 1.89. The molecule has 2 aromatic heterocycles. The van der Waals surface area contributed by atoms with Gasteiger partial charge in [-0.1, -0.05) is 13.8 Å². The van der Waals surface area contributed by atoms with Crippen LogP contribution >= 0.6 is 0 Å². The number of hydrogen-bond donors (Lipinski definition) is 1. The van der Waals surface area contributed by atoms with E-state index < -0.39 is 0 Å². The fraction of sp³-hybridized carbons (Fsp3) is 0.462. The zero-order chi connectivity index (χ0) is 13.0. The topological polar surface area (TPSA) is 55.6 Å². The number of aromatic nitrogens is 4. The number of imidazole rings is 1. The second-order valence-electron chi connectivity index (χ2n) is 4.16. The summed E-state index contributed by atoms with van der Waals surface area (Å²) in [6.07, 6.45) is 7.30. The Kier molecular flexibility index (Phi) is 3.92. The highest BCUT2D eigenvalue weighted by molar-refractivity contribution is 5.51. The first-order valence-electron chi connectivity index (χ1n) is 6.36. The lowest BCUT2D eigenvalue weighted by Crippen LogP contribution is -2.09. The molecule has 0 spiro atoms. The Balaban J connectivity index is 2.39. The molecule has 0 radical (unpaired) electrons. The molecule has 96 valence electrons. The van der Waals surface area contributed by atoms with Crippen molar-refractivity contribution in [3.8, 4) is 5.82 Å². The van der Waals surface area contributed by atoms with Gasteiger partial charge in [-0.3, -0.25) is 4.57 Å². The number of anilines is 1. The lowest BCUT2D eigenvalue weighted by atomic mass is 10.3. The molecule has 0 fully saturated rings. The molecular weight excluding hydrogens is 226 g/mol. The maximum Gasteiger partial charge on any atom is 0.146 e. The molecule has 0 aliphatic heterocycles. The van der Waals surface area contributed by atoms with E-state index in [0.717, 1.165) is 42.4 Å². The van der Waals surface area contributed by atoms with Crippen molar-refractivity contribution in [3.05, 3.63) is 30.1 Å². The molecule has 0 saturated heterocycles. The van der Waals surface area contributed by atoms with Crippen molar-refractivity contribution < 1.29 is 0 Å². The summed E-state index contributed by atoms with van der Waals surface area (Å²) in [6, 6.07) is 0. The van der Waals surface area contributed by atoms with E-state index in [1.165, 1.54) is 0 Å². The summed E-state index contributed by atoms with van der Waals surface area (Å²) in [5.41, 5.74) is 1.05. The highest BCUT2D eigenvalue weighted by Gasteiger charge is 2.10. The van der Waals surface area contributed by atoms with Gasteiger partial charge < -0.3 is 5.32 Å². The van der Waals surface area contributed by atoms with Crippen LogP contribution in [-0.4, -0.2) is 26.1 Å². The van der Waals surface area contributed by atoms with Crippen molar-refractivity contribution in [3.63, 3.8) is 0 Å². The summed E-state index contributed by atoms with van der Waals surface area (Å²) < 4.78 is 2.02. The highest BCUT2D eigenvalue weighted by atomic mass is 15.1. The zero-order valence-electron chi connectivity index (χ0n) is 11.1. The summed E-state index contributed by atoms with van der Waals surface area (Å²) in [6.45, 7) is 7.18. The van der Waals surface area contributed by atoms with Gasteiger partial charge in [0.1, 0.15) is 23.8 Å². The summed E-state index contributed by atoms with van der Waals surface area (Å²) >= 11 is 0. The third kappa shape index (κ3) is 2.34. The molecule has 0 aliphatic rings. The van der Waals surface area contributed by atoms with Gasteiger partial charge in [-0.25, -0.2) is 15.0 Å². The van der Waals surface area contributed by atoms with Crippen molar-refractivity contribution in [2.75, 3.05) is 11.9 Å². The number of hydrogen-bond acceptors (Lipinski definition) is 4. The molecule has 0 saturated carbocycles. The van der Waals surface area contributed by atoms with Crippen LogP contribution in [0.15, 0.2) is 18.7 Å². The van der Waals surface area contributed by atoms with Crippen LogP contribution in [0.3, 0.4) is 0 Å². The molecule has 0 amide bonds. The molecule has 2 rings (SSSR count). The Morgan fingerprint density at radius 3 is 2.78 bits per heavy atom. The maximum atomic E-state index is 4.37. The molecule has 1 N–H and O–H groups in total. The predicted molar refractivity (Wildman–Crippen MR) is 72.0 cm³/mol. The minimum atomic E-state index is 0.883. The Hall–Kier alpha value is -1.91. The molecule has 0 atom stereocenters. The van der Waals surface area contributed by atoms with Crippen LogP contribution in [0.1, 0.15) is 31.7 Å². The van der Waals surface area contributed by atoms with Crippen molar-refractivity contribution in [1.29, 1.82) is 0 Å². The van der Waals surface area contributed by atoms with E-state index in [-0.39, 0.29) is 0 Å². The van der Waals surface area contributed by atoms with Crippen LogP contribution in [-0.2, 0) is 6.42 Å². The normalized spacial score (nSPS) is 10.6. The van der Waals surface area contributed by atoms with Crippen LogP contribution in [0, 0.1) is 6.92 Å². The van der Waals surface area contributed by atoms with Gasteiger partial charge in [0, 0.05) is 30.9 Å². The van der Waals surface area contributed by atoms with E-state index in [2.05, 4.69) is 34.1 Å². The van der Waals surface area contributed by atoms with Crippen LogP contribution in [0.5, 0.6) is 0 Å². The third-order valence-corrected chi connectivity index (χ3v) is 2.86. The third-order valence-electron chi connectivity index (χ3n) is 2.86. The molecule has 2 aromatic rings. The van der Waals surface area contributed by atoms with Crippen LogP contribution in [0.2, 0.25) is 0 Å². The molecule has 5 nitrogen and oxygen atoms in total. The summed E-state index contributed by atoms with van der Waals surface area (Å²) in [4.78, 5) is 13.0. The van der Waals surface area contributed by atoms with E-state index in [4.69, 9.17) is 0 Å². The average Bonchev–Trinajstić information content (AvgIpc) is 2.85. The molecule has 0 aliphatic carbocycles. The molecule has 18 heavy (non-hydrogen) atoms. The number of nitrogens with zero attached hydrogens (tertiary/aromatic N) is 4.